The van der Waals surface area contributed by atoms with Crippen LogP contribution in [0.25, 0.3) is 80.7 Å². The summed E-state index contributed by atoms with van der Waals surface area (Å²) in [5, 5.41) is 7.61. The average molecular weight is 730 g/mol. The van der Waals surface area contributed by atoms with Crippen LogP contribution in [0.3, 0.4) is 0 Å². The maximum atomic E-state index is 6.65. The van der Waals surface area contributed by atoms with Crippen LogP contribution in [0.15, 0.2) is 188 Å². The van der Waals surface area contributed by atoms with Crippen LogP contribution in [-0.4, -0.2) is 4.57 Å². The van der Waals surface area contributed by atoms with E-state index in [0.29, 0.717) is 0 Å². The van der Waals surface area contributed by atoms with Gasteiger partial charge in [-0.1, -0.05) is 133 Å². The van der Waals surface area contributed by atoms with Gasteiger partial charge in [-0.15, -0.1) is 11.3 Å². The van der Waals surface area contributed by atoms with Crippen molar-refractivity contribution in [3.63, 3.8) is 0 Å². The second-order valence-corrected chi connectivity index (χ2v) is 16.2. The zero-order chi connectivity index (χ0) is 36.5. The van der Waals surface area contributed by atoms with E-state index in [1.54, 1.807) is 0 Å². The quantitative estimate of drug-likeness (QED) is 0.173. The third-order valence-corrected chi connectivity index (χ3v) is 13.6. The summed E-state index contributed by atoms with van der Waals surface area (Å²) in [6.45, 7) is 0. The van der Waals surface area contributed by atoms with Gasteiger partial charge in [-0.25, -0.2) is 0 Å². The summed E-state index contributed by atoms with van der Waals surface area (Å²) in [5.41, 5.74) is 13.0. The lowest BCUT2D eigenvalue weighted by atomic mass is 9.66. The van der Waals surface area contributed by atoms with Gasteiger partial charge in [0.15, 0.2) is 0 Å². The molecular formula is C53H31NOS. The molecule has 0 radical (unpaired) electrons. The molecule has 3 heteroatoms. The topological polar surface area (TPSA) is 14.2 Å². The van der Waals surface area contributed by atoms with Crippen molar-refractivity contribution in [3.05, 3.63) is 210 Å². The van der Waals surface area contributed by atoms with Crippen molar-refractivity contribution in [1.82, 2.24) is 4.57 Å². The first kappa shape index (κ1) is 30.4. The smallest absolute Gasteiger partial charge is 0.132 e. The fraction of sp³-hybridized carbons (Fsp3) is 0.0189. The molecule has 0 saturated carbocycles. The molecule has 2 aromatic heterocycles. The van der Waals surface area contributed by atoms with Gasteiger partial charge >= 0.3 is 0 Å². The lowest BCUT2D eigenvalue weighted by Gasteiger charge is -2.39. The number of hydrogen-bond acceptors (Lipinski definition) is 2. The Labute approximate surface area is 327 Å². The minimum Gasteiger partial charge on any atom is -0.457 e. The standard InChI is InChI=1S/C53H31NOS/c1-4-19-42-35(13-1)39-30-40-37-14-2-7-22-46(37)54(48(40)31-45(39)53(42)43-20-5-8-24-49(43)55-50-25-9-6-21-44(50)53)47-23-12-17-34-33(16-11-18-36(34)47)32-27-28-52-41(29-32)38-15-3-10-26-51(38)56-52/h1-31H. The normalized spacial score (nSPS) is 13.6. The Hall–Kier alpha value is -6.94. The SMILES string of the molecule is c1ccc2c(c1)Oc1ccccc1C21c2ccccc2-c2cc3c4ccccc4n(-c4cccc5c(-c6ccc7sc8ccccc8c7c6)cccc45)c3cc21. The van der Waals surface area contributed by atoms with E-state index >= 15 is 0 Å². The maximum absolute atomic E-state index is 6.65. The molecule has 0 amide bonds. The van der Waals surface area contributed by atoms with E-state index in [4.69, 9.17) is 4.74 Å². The van der Waals surface area contributed by atoms with E-state index in [2.05, 4.69) is 193 Å². The molecule has 1 aliphatic heterocycles. The molecule has 2 aliphatic rings. The minimum atomic E-state index is -0.538. The molecule has 1 spiro atoms. The lowest BCUT2D eigenvalue weighted by Crippen LogP contribution is -2.32. The van der Waals surface area contributed by atoms with Crippen molar-refractivity contribution >= 4 is 64.1 Å². The van der Waals surface area contributed by atoms with Crippen LogP contribution in [0.1, 0.15) is 22.3 Å². The fourth-order valence-corrected chi connectivity index (χ4v) is 11.3. The first-order valence-corrected chi connectivity index (χ1v) is 20.1. The molecule has 3 heterocycles. The molecule has 0 atom stereocenters. The third-order valence-electron chi connectivity index (χ3n) is 12.5. The first-order valence-electron chi connectivity index (χ1n) is 19.3. The van der Waals surface area contributed by atoms with Crippen LogP contribution in [0.5, 0.6) is 11.5 Å². The molecule has 0 N–H and O–H groups in total. The van der Waals surface area contributed by atoms with Crippen LogP contribution in [0.4, 0.5) is 0 Å². The molecule has 0 fully saturated rings. The highest BCUT2D eigenvalue weighted by atomic mass is 32.1. The highest BCUT2D eigenvalue weighted by Gasteiger charge is 2.51. The van der Waals surface area contributed by atoms with E-state index in [9.17, 15) is 0 Å². The average Bonchev–Trinajstić information content (AvgIpc) is 3.89. The predicted molar refractivity (Wildman–Crippen MR) is 234 cm³/mol. The summed E-state index contributed by atoms with van der Waals surface area (Å²) in [6, 6.07) is 69.5. The second-order valence-electron chi connectivity index (χ2n) is 15.1. The molecule has 1 aliphatic carbocycles. The van der Waals surface area contributed by atoms with Gasteiger partial charge in [-0.05, 0) is 93.4 Å². The molecule has 13 rings (SSSR count). The van der Waals surface area contributed by atoms with Gasteiger partial charge < -0.3 is 9.30 Å². The van der Waals surface area contributed by atoms with Gasteiger partial charge in [0.25, 0.3) is 0 Å². The van der Waals surface area contributed by atoms with E-state index in [-0.39, 0.29) is 0 Å². The molecule has 0 bridgehead atoms. The van der Waals surface area contributed by atoms with Crippen molar-refractivity contribution in [1.29, 1.82) is 0 Å². The Balaban J connectivity index is 1.11. The molecular weight excluding hydrogens is 699 g/mol. The first-order chi connectivity index (χ1) is 27.8. The molecule has 0 unspecified atom stereocenters. The molecule has 2 nitrogen and oxygen atoms in total. The Morgan fingerprint density at radius 3 is 1.88 bits per heavy atom. The molecule has 11 aromatic rings. The molecule has 56 heavy (non-hydrogen) atoms. The minimum absolute atomic E-state index is 0.538. The Bertz CT molecular complexity index is 3430. The monoisotopic (exact) mass is 729 g/mol. The largest absolute Gasteiger partial charge is 0.457 e. The Morgan fingerprint density at radius 1 is 0.375 bits per heavy atom. The third kappa shape index (κ3) is 3.85. The van der Waals surface area contributed by atoms with Gasteiger partial charge in [-0.2, -0.15) is 0 Å². The van der Waals surface area contributed by atoms with Gasteiger partial charge in [-0.3, -0.25) is 0 Å². The number of aromatic nitrogens is 1. The van der Waals surface area contributed by atoms with Crippen LogP contribution >= 0.6 is 11.3 Å². The van der Waals surface area contributed by atoms with Gasteiger partial charge in [0.2, 0.25) is 0 Å². The summed E-state index contributed by atoms with van der Waals surface area (Å²) in [5.74, 6) is 1.81. The number of hydrogen-bond donors (Lipinski definition) is 0. The van der Waals surface area contributed by atoms with Crippen LogP contribution in [0, 0.1) is 0 Å². The summed E-state index contributed by atoms with van der Waals surface area (Å²) in [6.07, 6.45) is 0. The van der Waals surface area contributed by atoms with E-state index in [1.165, 1.54) is 103 Å². The van der Waals surface area contributed by atoms with Crippen LogP contribution in [-0.2, 0) is 5.41 Å². The van der Waals surface area contributed by atoms with E-state index in [1.807, 2.05) is 11.3 Å². The summed E-state index contributed by atoms with van der Waals surface area (Å²) >= 11 is 1.87. The van der Waals surface area contributed by atoms with Gasteiger partial charge in [0.1, 0.15) is 11.5 Å². The number of para-hydroxylation sites is 3. The second kappa shape index (κ2) is 11.1. The van der Waals surface area contributed by atoms with E-state index < -0.39 is 5.41 Å². The number of rotatable bonds is 2. The van der Waals surface area contributed by atoms with Crippen LogP contribution in [0.2, 0.25) is 0 Å². The summed E-state index contributed by atoms with van der Waals surface area (Å²) in [7, 11) is 0. The zero-order valence-electron chi connectivity index (χ0n) is 30.2. The molecule has 260 valence electrons. The van der Waals surface area contributed by atoms with Gasteiger partial charge in [0, 0.05) is 47.5 Å². The number of thiophene rings is 1. The number of fused-ring (bicyclic) bond motifs is 16. The Kier molecular flexibility index (Phi) is 6.01. The molecule has 9 aromatic carbocycles. The van der Waals surface area contributed by atoms with Crippen LogP contribution < -0.4 is 4.74 Å². The highest BCUT2D eigenvalue weighted by Crippen LogP contribution is 2.62. The fourth-order valence-electron chi connectivity index (χ4n) is 10.2. The lowest BCUT2D eigenvalue weighted by molar-refractivity contribution is 0.436. The van der Waals surface area contributed by atoms with Crippen molar-refractivity contribution in [2.75, 3.05) is 0 Å². The van der Waals surface area contributed by atoms with Crippen molar-refractivity contribution in [2.45, 2.75) is 5.41 Å². The molecule has 0 saturated heterocycles. The number of benzene rings is 9. The van der Waals surface area contributed by atoms with Crippen molar-refractivity contribution in [2.24, 2.45) is 0 Å². The summed E-state index contributed by atoms with van der Waals surface area (Å²) in [4.78, 5) is 0. The van der Waals surface area contributed by atoms with Crippen molar-refractivity contribution < 1.29 is 4.74 Å². The summed E-state index contributed by atoms with van der Waals surface area (Å²) < 4.78 is 11.8. The zero-order valence-corrected chi connectivity index (χ0v) is 31.0. The van der Waals surface area contributed by atoms with E-state index in [0.717, 1.165) is 11.5 Å². The van der Waals surface area contributed by atoms with Gasteiger partial charge in [0.05, 0.1) is 22.1 Å². The van der Waals surface area contributed by atoms with Crippen molar-refractivity contribution in [3.8, 4) is 39.4 Å². The number of ether oxygens (including phenoxy) is 1. The maximum Gasteiger partial charge on any atom is 0.132 e. The Morgan fingerprint density at radius 2 is 1.02 bits per heavy atom. The highest BCUT2D eigenvalue weighted by molar-refractivity contribution is 7.25. The predicted octanol–water partition coefficient (Wildman–Crippen LogP) is 14.4. The number of nitrogens with zero attached hydrogens (tertiary/aromatic N) is 1.